The predicted octanol–water partition coefficient (Wildman–Crippen LogP) is 4.61. The smallest absolute Gasteiger partial charge is 0.305 e. The minimum absolute atomic E-state index is 0.0480. The molecule has 10 heteroatoms. The topological polar surface area (TPSA) is 112 Å². The largest absolute Gasteiger partial charge is 0.497 e. The van der Waals surface area contributed by atoms with Gasteiger partial charge in [0.05, 0.1) is 56.5 Å². The van der Waals surface area contributed by atoms with Crippen LogP contribution in [0.3, 0.4) is 0 Å². The third-order valence-electron chi connectivity index (χ3n) is 6.31. The number of hydrogen-bond acceptors (Lipinski definition) is 9. The highest BCUT2D eigenvalue weighted by atomic mass is 16.5. The Morgan fingerprint density at radius 3 is 2.46 bits per heavy atom. The van der Waals surface area contributed by atoms with Gasteiger partial charge in [-0.2, -0.15) is 5.10 Å². The molecule has 2 aromatic carbocycles. The van der Waals surface area contributed by atoms with E-state index in [0.29, 0.717) is 32.0 Å². The third kappa shape index (κ3) is 7.44. The van der Waals surface area contributed by atoms with Gasteiger partial charge >= 0.3 is 5.97 Å². The van der Waals surface area contributed by atoms with E-state index < -0.39 is 0 Å². The van der Waals surface area contributed by atoms with E-state index in [1.807, 2.05) is 42.6 Å². The Balaban J connectivity index is 1.56. The van der Waals surface area contributed by atoms with Crippen molar-refractivity contribution in [1.29, 1.82) is 0 Å². The number of aromatic nitrogens is 4. The van der Waals surface area contributed by atoms with Crippen LogP contribution in [0.2, 0.25) is 0 Å². The summed E-state index contributed by atoms with van der Waals surface area (Å²) in [5.74, 6) is 1.25. The van der Waals surface area contributed by atoms with Crippen molar-refractivity contribution in [2.45, 2.75) is 45.3 Å². The van der Waals surface area contributed by atoms with Crippen molar-refractivity contribution in [2.75, 3.05) is 33.2 Å². The molecule has 0 fully saturated rings. The number of carbonyl (C=O) groups is 1. The van der Waals surface area contributed by atoms with E-state index in [0.717, 1.165) is 45.0 Å². The van der Waals surface area contributed by atoms with Crippen LogP contribution in [-0.2, 0) is 16.1 Å². The van der Waals surface area contributed by atoms with Gasteiger partial charge in [-0.25, -0.2) is 4.98 Å². The summed E-state index contributed by atoms with van der Waals surface area (Å²) in [4.78, 5) is 20.8. The van der Waals surface area contributed by atoms with Crippen molar-refractivity contribution in [2.24, 2.45) is 0 Å². The number of ether oxygens (including phenoxy) is 3. The summed E-state index contributed by atoms with van der Waals surface area (Å²) in [5.41, 5.74) is 5.13. The van der Waals surface area contributed by atoms with E-state index in [-0.39, 0.29) is 12.0 Å². The van der Waals surface area contributed by atoms with Crippen LogP contribution in [0.15, 0.2) is 55.0 Å². The molecule has 0 bridgehead atoms. The summed E-state index contributed by atoms with van der Waals surface area (Å²) < 4.78 is 17.5. The molecule has 0 saturated heterocycles. The van der Waals surface area contributed by atoms with Gasteiger partial charge in [-0.15, -0.1) is 0 Å². The number of methoxy groups -OCH3 is 3. The maximum Gasteiger partial charge on any atom is 0.305 e. The molecule has 206 valence electrons. The Hall–Kier alpha value is -4.18. The lowest BCUT2D eigenvalue weighted by Gasteiger charge is -2.23. The molecule has 4 rings (SSSR count). The summed E-state index contributed by atoms with van der Waals surface area (Å²) in [6.45, 7) is 5.56. The van der Waals surface area contributed by atoms with Crippen molar-refractivity contribution in [3.8, 4) is 22.8 Å². The van der Waals surface area contributed by atoms with Crippen LogP contribution in [0.5, 0.6) is 11.5 Å². The highest BCUT2D eigenvalue weighted by Gasteiger charge is 2.16. The molecular formula is C29H36N6O4. The van der Waals surface area contributed by atoms with Gasteiger partial charge in [-0.3, -0.25) is 14.5 Å². The van der Waals surface area contributed by atoms with Crippen LogP contribution in [0.25, 0.3) is 22.3 Å². The van der Waals surface area contributed by atoms with E-state index >= 15 is 0 Å². The molecule has 4 aromatic rings. The standard InChI is InChI=1S/C29H36N6O4/c1-19(2)30-16-27(20-11-23(37-3)14-24(12-20)38-4)33-22-8-9-25-26(13-22)34-28(17-31-25)21-15-32-35(18-21)10-6-7-29(36)39-5/h8-9,11-15,17-19,27,30,33H,6-7,10,16H2,1-5H3. The molecule has 0 radical (unpaired) electrons. The first-order valence-corrected chi connectivity index (χ1v) is 13.0. The first kappa shape index (κ1) is 27.8. The number of carbonyl (C=O) groups excluding carboxylic acids is 1. The number of esters is 1. The summed E-state index contributed by atoms with van der Waals surface area (Å²) >= 11 is 0. The maximum atomic E-state index is 11.4. The highest BCUT2D eigenvalue weighted by Crippen LogP contribution is 2.29. The number of fused-ring (bicyclic) bond motifs is 1. The minimum Gasteiger partial charge on any atom is -0.497 e. The van der Waals surface area contributed by atoms with Crippen molar-refractivity contribution >= 4 is 22.7 Å². The van der Waals surface area contributed by atoms with Crippen LogP contribution in [0.1, 0.15) is 38.3 Å². The first-order valence-electron chi connectivity index (χ1n) is 13.0. The van der Waals surface area contributed by atoms with E-state index in [9.17, 15) is 4.79 Å². The van der Waals surface area contributed by atoms with Crippen molar-refractivity contribution in [3.63, 3.8) is 0 Å². The van der Waals surface area contributed by atoms with Crippen LogP contribution < -0.4 is 20.1 Å². The lowest BCUT2D eigenvalue weighted by molar-refractivity contribution is -0.140. The second-order valence-electron chi connectivity index (χ2n) is 9.54. The van der Waals surface area contributed by atoms with Gasteiger partial charge in [0.1, 0.15) is 11.5 Å². The van der Waals surface area contributed by atoms with Gasteiger partial charge in [0.25, 0.3) is 0 Å². The first-order chi connectivity index (χ1) is 18.9. The average molecular weight is 533 g/mol. The number of rotatable bonds is 13. The van der Waals surface area contributed by atoms with Crippen LogP contribution in [0, 0.1) is 0 Å². The van der Waals surface area contributed by atoms with Crippen molar-refractivity contribution in [3.05, 3.63) is 60.6 Å². The molecule has 0 aliphatic rings. The van der Waals surface area contributed by atoms with E-state index in [2.05, 4.69) is 34.6 Å². The second-order valence-corrected chi connectivity index (χ2v) is 9.54. The Morgan fingerprint density at radius 2 is 1.77 bits per heavy atom. The summed E-state index contributed by atoms with van der Waals surface area (Å²) in [6, 6.07) is 12.2. The van der Waals surface area contributed by atoms with E-state index in [1.54, 1.807) is 31.3 Å². The third-order valence-corrected chi connectivity index (χ3v) is 6.31. The van der Waals surface area contributed by atoms with Gasteiger partial charge in [0, 0.05) is 49.1 Å². The zero-order valence-electron chi connectivity index (χ0n) is 23.1. The number of anilines is 1. The molecule has 1 atom stereocenters. The number of hydrogen-bond donors (Lipinski definition) is 2. The van der Waals surface area contributed by atoms with Gasteiger partial charge in [-0.1, -0.05) is 13.8 Å². The van der Waals surface area contributed by atoms with Crippen LogP contribution >= 0.6 is 0 Å². The number of aryl methyl sites for hydroxylation is 1. The van der Waals surface area contributed by atoms with Crippen LogP contribution in [0.4, 0.5) is 5.69 Å². The zero-order valence-corrected chi connectivity index (χ0v) is 23.1. The molecule has 2 heterocycles. The van der Waals surface area contributed by atoms with Gasteiger partial charge in [0.2, 0.25) is 0 Å². The molecular weight excluding hydrogens is 496 g/mol. The molecule has 10 nitrogen and oxygen atoms in total. The molecule has 1 unspecified atom stereocenters. The molecule has 0 saturated carbocycles. The Labute approximate surface area is 228 Å². The van der Waals surface area contributed by atoms with Gasteiger partial charge in [0.15, 0.2) is 0 Å². The SMILES string of the molecule is COC(=O)CCCn1cc(-c2cnc3ccc(NC(CNC(C)C)c4cc(OC)cc(OC)c4)cc3n2)cn1. The van der Waals surface area contributed by atoms with Gasteiger partial charge < -0.3 is 24.8 Å². The molecule has 0 amide bonds. The van der Waals surface area contributed by atoms with Crippen molar-refractivity contribution in [1.82, 2.24) is 25.1 Å². The van der Waals surface area contributed by atoms with Gasteiger partial charge in [-0.05, 0) is 42.3 Å². The van der Waals surface area contributed by atoms with Crippen molar-refractivity contribution < 1.29 is 19.0 Å². The molecule has 2 aromatic heterocycles. The summed E-state index contributed by atoms with van der Waals surface area (Å²) in [5, 5.41) is 11.6. The predicted molar refractivity (Wildman–Crippen MR) is 151 cm³/mol. The lowest BCUT2D eigenvalue weighted by Crippen LogP contribution is -2.31. The highest BCUT2D eigenvalue weighted by molar-refractivity contribution is 5.80. The van der Waals surface area contributed by atoms with Crippen LogP contribution in [-0.4, -0.2) is 59.6 Å². The molecule has 0 aliphatic heterocycles. The molecule has 2 N–H and O–H groups in total. The molecule has 39 heavy (non-hydrogen) atoms. The summed E-state index contributed by atoms with van der Waals surface area (Å²) in [7, 11) is 4.70. The quantitative estimate of drug-likeness (QED) is 0.238. The fraction of sp³-hybridized carbons (Fsp3) is 0.379. The normalized spacial score (nSPS) is 11.9. The fourth-order valence-electron chi connectivity index (χ4n) is 4.18. The zero-order chi connectivity index (χ0) is 27.8. The molecule has 0 spiro atoms. The number of nitrogens with zero attached hydrogens (tertiary/aromatic N) is 4. The Bertz CT molecular complexity index is 1380. The monoisotopic (exact) mass is 532 g/mol. The van der Waals surface area contributed by atoms with E-state index in [1.165, 1.54) is 7.11 Å². The Morgan fingerprint density at radius 1 is 1.00 bits per heavy atom. The summed E-state index contributed by atoms with van der Waals surface area (Å²) in [6.07, 6.45) is 6.44. The molecule has 0 aliphatic carbocycles. The second kappa shape index (κ2) is 13.1. The Kier molecular flexibility index (Phi) is 9.32. The number of nitrogens with one attached hydrogen (secondary N) is 2. The number of benzene rings is 2. The van der Waals surface area contributed by atoms with E-state index in [4.69, 9.17) is 19.2 Å². The fourth-order valence-corrected chi connectivity index (χ4v) is 4.18. The lowest BCUT2D eigenvalue weighted by atomic mass is 10.0. The minimum atomic E-state index is -0.222. The average Bonchev–Trinajstić information content (AvgIpc) is 3.43. The maximum absolute atomic E-state index is 11.4.